The van der Waals surface area contributed by atoms with Crippen LogP contribution in [-0.2, 0) is 6.54 Å². The van der Waals surface area contributed by atoms with Crippen LogP contribution >= 0.6 is 0 Å². The number of aryl methyl sites for hydroxylation is 1. The van der Waals surface area contributed by atoms with Gasteiger partial charge < -0.3 is 5.32 Å². The molecule has 5 heteroatoms. The van der Waals surface area contributed by atoms with Gasteiger partial charge in [0.1, 0.15) is 11.6 Å². The van der Waals surface area contributed by atoms with Crippen LogP contribution in [0.4, 0.5) is 17.6 Å². The van der Waals surface area contributed by atoms with Gasteiger partial charge in [-0.15, -0.1) is 0 Å². The van der Waals surface area contributed by atoms with E-state index in [1.165, 1.54) is 6.07 Å². The van der Waals surface area contributed by atoms with E-state index in [1.807, 2.05) is 0 Å². The lowest BCUT2D eigenvalue weighted by Crippen LogP contribution is -2.19. The van der Waals surface area contributed by atoms with Crippen LogP contribution in [0.1, 0.15) is 29.7 Å². The highest BCUT2D eigenvalue weighted by Gasteiger charge is 2.12. The summed E-state index contributed by atoms with van der Waals surface area (Å²) in [5, 5.41) is 2.95. The third kappa shape index (κ3) is 3.61. The van der Waals surface area contributed by atoms with Crippen molar-refractivity contribution in [2.24, 2.45) is 0 Å². The Morgan fingerprint density at radius 3 is 2.24 bits per heavy atom. The molecule has 0 saturated heterocycles. The van der Waals surface area contributed by atoms with Crippen LogP contribution in [0.25, 0.3) is 0 Å². The van der Waals surface area contributed by atoms with E-state index >= 15 is 0 Å². The molecule has 2 aromatic rings. The minimum Gasteiger partial charge on any atom is -0.306 e. The van der Waals surface area contributed by atoms with Crippen molar-refractivity contribution in [2.45, 2.75) is 26.4 Å². The zero-order valence-corrected chi connectivity index (χ0v) is 11.7. The topological polar surface area (TPSA) is 12.0 Å². The standard InChI is InChI=1S/C16H15F4N/c1-9-3-4-11(5-13(9)17)10(2)21-8-12-6-15(19)16(20)7-14(12)18/h3-7,10,21H,8H2,1-2H3. The van der Waals surface area contributed by atoms with E-state index in [9.17, 15) is 17.6 Å². The largest absolute Gasteiger partial charge is 0.306 e. The van der Waals surface area contributed by atoms with Crippen LogP contribution in [0.5, 0.6) is 0 Å². The van der Waals surface area contributed by atoms with E-state index < -0.39 is 17.5 Å². The second-order valence-electron chi connectivity index (χ2n) is 4.97. The molecule has 0 fully saturated rings. The molecule has 0 heterocycles. The zero-order chi connectivity index (χ0) is 15.6. The van der Waals surface area contributed by atoms with Crippen LogP contribution in [0.3, 0.4) is 0 Å². The number of hydrogen-bond donors (Lipinski definition) is 1. The molecule has 1 nitrogen and oxygen atoms in total. The first-order chi connectivity index (χ1) is 9.88. The van der Waals surface area contributed by atoms with Gasteiger partial charge in [0, 0.05) is 24.2 Å². The predicted octanol–water partition coefficient (Wildman–Crippen LogP) is 4.40. The van der Waals surface area contributed by atoms with Crippen molar-refractivity contribution < 1.29 is 17.6 Å². The minimum absolute atomic E-state index is 0.0136. The number of benzene rings is 2. The molecule has 0 aliphatic rings. The normalized spacial score (nSPS) is 12.5. The molecule has 0 aromatic heterocycles. The average Bonchev–Trinajstić information content (AvgIpc) is 2.44. The molecule has 1 N–H and O–H groups in total. The molecular weight excluding hydrogens is 282 g/mol. The summed E-state index contributed by atoms with van der Waals surface area (Å²) in [5.74, 6) is -3.45. The molecule has 1 atom stereocenters. The lowest BCUT2D eigenvalue weighted by Gasteiger charge is -2.15. The second-order valence-corrected chi connectivity index (χ2v) is 4.97. The first kappa shape index (κ1) is 15.5. The third-order valence-electron chi connectivity index (χ3n) is 3.38. The maximum absolute atomic E-state index is 13.5. The highest BCUT2D eigenvalue weighted by atomic mass is 19.2. The van der Waals surface area contributed by atoms with E-state index in [0.717, 1.165) is 6.07 Å². The van der Waals surface area contributed by atoms with E-state index in [-0.39, 0.29) is 24.0 Å². The van der Waals surface area contributed by atoms with Gasteiger partial charge in [-0.3, -0.25) is 0 Å². The minimum atomic E-state index is -1.22. The van der Waals surface area contributed by atoms with Crippen LogP contribution in [0.15, 0.2) is 30.3 Å². The predicted molar refractivity (Wildman–Crippen MR) is 72.7 cm³/mol. The summed E-state index contributed by atoms with van der Waals surface area (Å²) in [6.07, 6.45) is 0. The Hall–Kier alpha value is -1.88. The molecule has 0 radical (unpaired) electrons. The number of nitrogens with one attached hydrogen (secondary N) is 1. The van der Waals surface area contributed by atoms with Crippen LogP contribution in [0.2, 0.25) is 0 Å². The summed E-state index contributed by atoms with van der Waals surface area (Å²) < 4.78 is 52.9. The fourth-order valence-corrected chi connectivity index (χ4v) is 1.96. The Labute approximate surface area is 120 Å². The van der Waals surface area contributed by atoms with Gasteiger partial charge in [0.05, 0.1) is 0 Å². The summed E-state index contributed by atoms with van der Waals surface area (Å²) in [7, 11) is 0. The maximum Gasteiger partial charge on any atom is 0.161 e. The van der Waals surface area contributed by atoms with E-state index in [1.54, 1.807) is 26.0 Å². The molecule has 1 unspecified atom stereocenters. The van der Waals surface area contributed by atoms with Gasteiger partial charge in [0.2, 0.25) is 0 Å². The molecule has 0 aliphatic carbocycles. The third-order valence-corrected chi connectivity index (χ3v) is 3.38. The lowest BCUT2D eigenvalue weighted by molar-refractivity contribution is 0.482. The lowest BCUT2D eigenvalue weighted by atomic mass is 10.1. The van der Waals surface area contributed by atoms with Gasteiger partial charge in [0.25, 0.3) is 0 Å². The highest BCUT2D eigenvalue weighted by Crippen LogP contribution is 2.18. The summed E-state index contributed by atoms with van der Waals surface area (Å²) in [5.41, 5.74) is 1.26. The average molecular weight is 297 g/mol. The molecule has 0 aliphatic heterocycles. The van der Waals surface area contributed by atoms with Crippen molar-refractivity contribution in [3.8, 4) is 0 Å². The zero-order valence-electron chi connectivity index (χ0n) is 11.7. The first-order valence-electron chi connectivity index (χ1n) is 6.51. The summed E-state index contributed by atoms with van der Waals surface area (Å²) in [4.78, 5) is 0. The molecule has 0 saturated carbocycles. The van der Waals surface area contributed by atoms with Gasteiger partial charge in [-0.25, -0.2) is 17.6 Å². The smallest absolute Gasteiger partial charge is 0.161 e. The van der Waals surface area contributed by atoms with Crippen LogP contribution < -0.4 is 5.32 Å². The Balaban J connectivity index is 2.08. The number of rotatable bonds is 4. The molecule has 2 aromatic carbocycles. The quantitative estimate of drug-likeness (QED) is 0.651. The van der Waals surface area contributed by atoms with Gasteiger partial charge in [-0.1, -0.05) is 12.1 Å². The fraction of sp³-hybridized carbons (Fsp3) is 0.250. The van der Waals surface area contributed by atoms with Crippen LogP contribution in [0, 0.1) is 30.2 Å². The molecule has 0 amide bonds. The second kappa shape index (κ2) is 6.26. The maximum atomic E-state index is 13.5. The molecule has 0 spiro atoms. The summed E-state index contributed by atoms with van der Waals surface area (Å²) in [6, 6.07) is 5.89. The number of halogens is 4. The Morgan fingerprint density at radius 1 is 0.905 bits per heavy atom. The van der Waals surface area contributed by atoms with Crippen molar-refractivity contribution in [1.29, 1.82) is 0 Å². The molecule has 2 rings (SSSR count). The monoisotopic (exact) mass is 297 g/mol. The van der Waals surface area contributed by atoms with Gasteiger partial charge >= 0.3 is 0 Å². The molecule has 0 bridgehead atoms. The van der Waals surface area contributed by atoms with E-state index in [2.05, 4.69) is 5.32 Å². The molecule has 21 heavy (non-hydrogen) atoms. The van der Waals surface area contributed by atoms with Crippen LogP contribution in [-0.4, -0.2) is 0 Å². The highest BCUT2D eigenvalue weighted by molar-refractivity contribution is 5.26. The fourth-order valence-electron chi connectivity index (χ4n) is 1.96. The first-order valence-corrected chi connectivity index (χ1v) is 6.51. The van der Waals surface area contributed by atoms with Crippen molar-refractivity contribution >= 4 is 0 Å². The van der Waals surface area contributed by atoms with E-state index in [4.69, 9.17) is 0 Å². The SMILES string of the molecule is Cc1ccc(C(C)NCc2cc(F)c(F)cc2F)cc1F. The Bertz CT molecular complexity index is 655. The number of hydrogen-bond acceptors (Lipinski definition) is 1. The van der Waals surface area contributed by atoms with E-state index in [0.29, 0.717) is 17.2 Å². The Kier molecular flexibility index (Phi) is 4.63. The van der Waals surface area contributed by atoms with Crippen molar-refractivity contribution in [2.75, 3.05) is 0 Å². The summed E-state index contributed by atoms with van der Waals surface area (Å²) in [6.45, 7) is 3.45. The van der Waals surface area contributed by atoms with Crippen molar-refractivity contribution in [3.63, 3.8) is 0 Å². The molecule has 112 valence electrons. The van der Waals surface area contributed by atoms with Gasteiger partial charge in [0.15, 0.2) is 11.6 Å². The van der Waals surface area contributed by atoms with Crippen molar-refractivity contribution in [1.82, 2.24) is 5.32 Å². The summed E-state index contributed by atoms with van der Waals surface area (Å²) >= 11 is 0. The van der Waals surface area contributed by atoms with Crippen molar-refractivity contribution in [3.05, 3.63) is 70.3 Å². The van der Waals surface area contributed by atoms with Gasteiger partial charge in [-0.2, -0.15) is 0 Å². The molecular formula is C16H15F4N. The van der Waals surface area contributed by atoms with Gasteiger partial charge in [-0.05, 0) is 37.1 Å². The Morgan fingerprint density at radius 2 is 1.57 bits per heavy atom.